The van der Waals surface area contributed by atoms with E-state index in [-0.39, 0.29) is 50.6 Å². The van der Waals surface area contributed by atoms with Crippen LogP contribution in [0.1, 0.15) is 90.9 Å². The number of aliphatic hydroxyl groups excluding tert-OH is 2. The van der Waals surface area contributed by atoms with E-state index < -0.39 is 24.1 Å². The quantitative estimate of drug-likeness (QED) is 0.332. The van der Waals surface area contributed by atoms with E-state index in [0.717, 1.165) is 38.5 Å². The van der Waals surface area contributed by atoms with Gasteiger partial charge in [-0.15, -0.1) is 0 Å². The average Bonchev–Trinajstić information content (AvgIpc) is 2.52. The van der Waals surface area contributed by atoms with E-state index in [2.05, 4.69) is 13.8 Å². The second-order valence-electron chi connectivity index (χ2n) is 6.12. The van der Waals surface area contributed by atoms with E-state index in [4.69, 9.17) is 0 Å². The van der Waals surface area contributed by atoms with Gasteiger partial charge < -0.3 is 30.0 Å². The van der Waals surface area contributed by atoms with Crippen molar-refractivity contribution in [3.05, 3.63) is 0 Å². The first-order chi connectivity index (χ1) is 11.3. The van der Waals surface area contributed by atoms with Crippen LogP contribution in [0.25, 0.3) is 0 Å². The number of unbranched alkanes of at least 4 members (excludes halogenated alkanes) is 4. The first-order valence-electron chi connectivity index (χ1n) is 9.09. The topological polar surface area (TPSA) is 121 Å². The Morgan fingerprint density at radius 1 is 0.720 bits per heavy atom. The molecule has 25 heavy (non-hydrogen) atoms. The number of hydrogen-bond acceptors (Lipinski definition) is 6. The molecule has 0 saturated heterocycles. The van der Waals surface area contributed by atoms with Crippen molar-refractivity contribution in [2.75, 3.05) is 0 Å². The molecule has 0 radical (unpaired) electrons. The molecule has 0 aromatic rings. The number of rotatable bonds is 14. The van der Waals surface area contributed by atoms with E-state index in [1.807, 2.05) is 0 Å². The largest absolute Gasteiger partial charge is 2.00 e. The molecule has 0 rings (SSSR count). The van der Waals surface area contributed by atoms with Gasteiger partial charge in [0.15, 0.2) is 0 Å². The third-order valence-electron chi connectivity index (χ3n) is 3.65. The Balaban J connectivity index is -0.000000372. The molecular weight excluding hydrogens is 352 g/mol. The molecule has 2 N–H and O–H groups in total. The number of aliphatic carboxylic acids is 2. The third-order valence-corrected chi connectivity index (χ3v) is 3.65. The zero-order chi connectivity index (χ0) is 18.8. The Kier molecular flexibility index (Phi) is 26.5. The van der Waals surface area contributed by atoms with Crippen molar-refractivity contribution in [2.24, 2.45) is 0 Å². The van der Waals surface area contributed by atoms with Crippen LogP contribution in [0.4, 0.5) is 0 Å². The van der Waals surface area contributed by atoms with Crippen LogP contribution in [0.5, 0.6) is 0 Å². The SMILES string of the molecule is CCCCCC(O)CCC(=O)[O-].CCCCCC(O)CCC(=O)[O-].[Ca+2]. The fourth-order valence-electron chi connectivity index (χ4n) is 2.12. The zero-order valence-electron chi connectivity index (χ0n) is 15.9. The fraction of sp³-hybridized carbons (Fsp3) is 0.889. The Morgan fingerprint density at radius 3 is 1.28 bits per heavy atom. The smallest absolute Gasteiger partial charge is 0.550 e. The molecule has 0 bridgehead atoms. The molecule has 6 nitrogen and oxygen atoms in total. The summed E-state index contributed by atoms with van der Waals surface area (Å²) in [6.45, 7) is 4.18. The first-order valence-corrected chi connectivity index (χ1v) is 9.09. The Morgan fingerprint density at radius 2 is 1.04 bits per heavy atom. The minimum absolute atomic E-state index is 0. The molecule has 2 unspecified atom stereocenters. The van der Waals surface area contributed by atoms with Crippen molar-refractivity contribution in [3.8, 4) is 0 Å². The van der Waals surface area contributed by atoms with Crippen LogP contribution in [0.3, 0.4) is 0 Å². The molecule has 2 atom stereocenters. The number of hydrogen-bond donors (Lipinski definition) is 2. The number of carbonyl (C=O) groups is 2. The van der Waals surface area contributed by atoms with Crippen LogP contribution in [-0.4, -0.2) is 72.1 Å². The predicted molar refractivity (Wildman–Crippen MR) is 94.5 cm³/mol. The standard InChI is InChI=1S/2C9H18O3.Ca/c2*1-2-3-4-5-8(10)6-7-9(11)12;/h2*8,10H,2-7H2,1H3,(H,11,12);/q;;+2/p-2. The molecule has 0 aliphatic heterocycles. The van der Waals surface area contributed by atoms with Crippen molar-refractivity contribution in [2.45, 2.75) is 103 Å². The van der Waals surface area contributed by atoms with Crippen LogP contribution < -0.4 is 10.2 Å². The molecule has 0 aromatic carbocycles. The maximum atomic E-state index is 10.0. The normalized spacial score (nSPS) is 12.3. The first kappa shape index (κ1) is 29.9. The summed E-state index contributed by atoms with van der Waals surface area (Å²) in [6, 6.07) is 0. The molecule has 0 amide bonds. The minimum Gasteiger partial charge on any atom is -0.550 e. The van der Waals surface area contributed by atoms with Crippen LogP contribution in [0, 0.1) is 0 Å². The maximum absolute atomic E-state index is 10.0. The number of carbonyl (C=O) groups excluding carboxylic acids is 2. The summed E-state index contributed by atoms with van der Waals surface area (Å²) in [5.74, 6) is -2.16. The van der Waals surface area contributed by atoms with E-state index in [0.29, 0.717) is 25.7 Å². The summed E-state index contributed by atoms with van der Waals surface area (Å²) in [4.78, 5) is 20.0. The van der Waals surface area contributed by atoms with Gasteiger partial charge in [-0.1, -0.05) is 52.4 Å². The summed E-state index contributed by atoms with van der Waals surface area (Å²) in [7, 11) is 0. The van der Waals surface area contributed by atoms with Gasteiger partial charge in [0.2, 0.25) is 0 Å². The summed E-state index contributed by atoms with van der Waals surface area (Å²) >= 11 is 0. The average molecular weight is 387 g/mol. The second kappa shape index (κ2) is 22.2. The van der Waals surface area contributed by atoms with E-state index in [9.17, 15) is 30.0 Å². The predicted octanol–water partition coefficient (Wildman–Crippen LogP) is 0.535. The van der Waals surface area contributed by atoms with Gasteiger partial charge in [0.25, 0.3) is 0 Å². The number of carboxylic acids is 2. The summed E-state index contributed by atoms with van der Waals surface area (Å²) < 4.78 is 0. The van der Waals surface area contributed by atoms with E-state index >= 15 is 0 Å². The number of aliphatic hydroxyl groups is 2. The molecule has 0 spiro atoms. The Labute approximate surface area is 182 Å². The molecule has 7 heteroatoms. The van der Waals surface area contributed by atoms with Gasteiger partial charge in [0, 0.05) is 11.9 Å². The summed E-state index contributed by atoms with van der Waals surface area (Å²) in [6.07, 6.45) is 7.46. The molecule has 0 saturated carbocycles. The van der Waals surface area contributed by atoms with Crippen LogP contribution in [0.15, 0.2) is 0 Å². The third kappa shape index (κ3) is 29.2. The molecule has 0 heterocycles. The molecule has 0 aliphatic rings. The second-order valence-corrected chi connectivity index (χ2v) is 6.12. The van der Waals surface area contributed by atoms with Crippen LogP contribution in [-0.2, 0) is 9.59 Å². The molecule has 0 aromatic heterocycles. The van der Waals surface area contributed by atoms with Gasteiger partial charge >= 0.3 is 37.7 Å². The van der Waals surface area contributed by atoms with Crippen LogP contribution >= 0.6 is 0 Å². The summed E-state index contributed by atoms with van der Waals surface area (Å²) in [5.41, 5.74) is 0. The minimum atomic E-state index is -1.08. The van der Waals surface area contributed by atoms with Crippen LogP contribution in [0.2, 0.25) is 0 Å². The zero-order valence-corrected chi connectivity index (χ0v) is 18.1. The molecule has 144 valence electrons. The van der Waals surface area contributed by atoms with Gasteiger partial charge in [-0.2, -0.15) is 0 Å². The van der Waals surface area contributed by atoms with Gasteiger partial charge in [0.05, 0.1) is 12.2 Å². The monoisotopic (exact) mass is 386 g/mol. The summed E-state index contributed by atoms with van der Waals surface area (Å²) in [5, 5.41) is 38.5. The van der Waals surface area contributed by atoms with Gasteiger partial charge in [-0.05, 0) is 38.5 Å². The van der Waals surface area contributed by atoms with Crippen molar-refractivity contribution < 1.29 is 30.0 Å². The van der Waals surface area contributed by atoms with Crippen molar-refractivity contribution in [3.63, 3.8) is 0 Å². The van der Waals surface area contributed by atoms with Gasteiger partial charge in [0.1, 0.15) is 0 Å². The molecule has 0 fully saturated rings. The molecule has 0 aliphatic carbocycles. The maximum Gasteiger partial charge on any atom is 2.00 e. The van der Waals surface area contributed by atoms with Gasteiger partial charge in [-0.25, -0.2) is 0 Å². The Hall–Kier alpha value is 0.120. The van der Waals surface area contributed by atoms with Crippen molar-refractivity contribution in [1.82, 2.24) is 0 Å². The van der Waals surface area contributed by atoms with Gasteiger partial charge in [-0.3, -0.25) is 0 Å². The van der Waals surface area contributed by atoms with E-state index in [1.54, 1.807) is 0 Å². The molecular formula is C18H34CaO6. The van der Waals surface area contributed by atoms with Crippen molar-refractivity contribution in [1.29, 1.82) is 0 Å². The fourth-order valence-corrected chi connectivity index (χ4v) is 2.12. The number of carboxylic acid groups (broad SMARTS) is 2. The Bertz CT molecular complexity index is 282. The van der Waals surface area contributed by atoms with Crippen molar-refractivity contribution >= 4 is 49.7 Å². The van der Waals surface area contributed by atoms with E-state index in [1.165, 1.54) is 0 Å².